The van der Waals surface area contributed by atoms with E-state index in [-0.39, 0.29) is 5.91 Å². The van der Waals surface area contributed by atoms with Gasteiger partial charge in [0.05, 0.1) is 0 Å². The summed E-state index contributed by atoms with van der Waals surface area (Å²) < 4.78 is 5.30. The highest BCUT2D eigenvalue weighted by Crippen LogP contribution is 2.20. The molecule has 156 valence electrons. The number of piperidine rings is 1. The Morgan fingerprint density at radius 3 is 2.66 bits per heavy atom. The molecule has 8 heteroatoms. The number of amides is 1. The number of rotatable bonds is 6. The summed E-state index contributed by atoms with van der Waals surface area (Å²) >= 11 is 0. The molecule has 0 unspecified atom stereocenters. The van der Waals surface area contributed by atoms with Crippen molar-refractivity contribution in [3.05, 3.63) is 30.4 Å². The second-order valence-corrected chi connectivity index (χ2v) is 7.84. The number of aromatic nitrogens is 3. The quantitative estimate of drug-likeness (QED) is 0.733. The van der Waals surface area contributed by atoms with E-state index in [1.807, 2.05) is 17.0 Å². The Kier molecular flexibility index (Phi) is 6.51. The molecule has 2 aromatic rings. The highest BCUT2D eigenvalue weighted by molar-refractivity contribution is 5.76. The number of hydrogen-bond acceptors (Lipinski definition) is 7. The van der Waals surface area contributed by atoms with Gasteiger partial charge in [0.25, 0.3) is 0 Å². The third kappa shape index (κ3) is 5.00. The maximum atomic E-state index is 12.6. The first-order valence-electron chi connectivity index (χ1n) is 10.7. The number of piperazine rings is 1. The Bertz CT molecular complexity index is 779. The third-order valence-corrected chi connectivity index (χ3v) is 6.13. The average molecular weight is 399 g/mol. The lowest BCUT2D eigenvalue weighted by molar-refractivity contribution is -0.132. The van der Waals surface area contributed by atoms with Crippen molar-refractivity contribution in [2.75, 3.05) is 45.8 Å². The van der Waals surface area contributed by atoms with Crippen LogP contribution in [0, 0.1) is 0 Å². The largest absolute Gasteiger partial charge is 0.343 e. The molecule has 4 rings (SSSR count). The monoisotopic (exact) mass is 398 g/mol. The van der Waals surface area contributed by atoms with Crippen molar-refractivity contribution in [2.24, 2.45) is 0 Å². The van der Waals surface area contributed by atoms with Crippen LogP contribution in [0.15, 0.2) is 29.0 Å². The van der Waals surface area contributed by atoms with Crippen molar-refractivity contribution in [3.8, 4) is 11.4 Å². The van der Waals surface area contributed by atoms with Gasteiger partial charge >= 0.3 is 0 Å². The zero-order valence-electron chi connectivity index (χ0n) is 17.2. The molecule has 1 amide bonds. The highest BCUT2D eigenvalue weighted by Gasteiger charge is 2.28. The molecule has 2 fully saturated rings. The molecule has 0 aromatic carbocycles. The molecule has 2 aromatic heterocycles. The summed E-state index contributed by atoms with van der Waals surface area (Å²) in [4.78, 5) is 28.2. The second kappa shape index (κ2) is 9.45. The molecule has 0 atom stereocenters. The van der Waals surface area contributed by atoms with Gasteiger partial charge in [-0.25, -0.2) is 0 Å². The van der Waals surface area contributed by atoms with Crippen molar-refractivity contribution >= 4 is 5.91 Å². The van der Waals surface area contributed by atoms with Crippen LogP contribution in [0.1, 0.15) is 32.1 Å². The maximum absolute atomic E-state index is 12.6. The zero-order chi connectivity index (χ0) is 20.1. The van der Waals surface area contributed by atoms with E-state index in [1.165, 1.54) is 13.1 Å². The summed E-state index contributed by atoms with van der Waals surface area (Å²) in [6, 6.07) is 4.34. The third-order valence-electron chi connectivity index (χ3n) is 6.13. The Hall–Kier alpha value is -2.32. The number of likely N-dealkylation sites (N-methyl/N-ethyl adjacent to an activating group) is 1. The van der Waals surface area contributed by atoms with Crippen molar-refractivity contribution in [1.82, 2.24) is 29.8 Å². The van der Waals surface area contributed by atoms with Crippen LogP contribution >= 0.6 is 0 Å². The van der Waals surface area contributed by atoms with Crippen molar-refractivity contribution < 1.29 is 9.32 Å². The van der Waals surface area contributed by atoms with Crippen LogP contribution in [0.5, 0.6) is 0 Å². The molecule has 0 bridgehead atoms. The summed E-state index contributed by atoms with van der Waals surface area (Å²) in [5.41, 5.74) is 0.815. The smallest absolute Gasteiger partial charge is 0.227 e. The molecule has 0 radical (unpaired) electrons. The predicted molar refractivity (Wildman–Crippen MR) is 109 cm³/mol. The lowest BCUT2D eigenvalue weighted by atomic mass is 10.0. The lowest BCUT2D eigenvalue weighted by Gasteiger charge is -2.42. The normalized spacial score (nSPS) is 19.6. The number of likely N-dealkylation sites (tertiary alicyclic amines) is 1. The number of carbonyl (C=O) groups is 1. The summed E-state index contributed by atoms with van der Waals surface area (Å²) in [5, 5.41) is 3.99. The van der Waals surface area contributed by atoms with E-state index in [1.54, 1.807) is 12.4 Å². The van der Waals surface area contributed by atoms with Crippen molar-refractivity contribution in [2.45, 2.75) is 38.6 Å². The van der Waals surface area contributed by atoms with Crippen molar-refractivity contribution in [3.63, 3.8) is 0 Å². The predicted octanol–water partition coefficient (Wildman–Crippen LogP) is 1.69. The van der Waals surface area contributed by atoms with Gasteiger partial charge in [-0.05, 0) is 31.5 Å². The summed E-state index contributed by atoms with van der Waals surface area (Å²) in [5.74, 6) is 1.20. The van der Waals surface area contributed by atoms with E-state index in [0.717, 1.165) is 51.1 Å². The van der Waals surface area contributed by atoms with E-state index >= 15 is 0 Å². The summed E-state index contributed by atoms with van der Waals surface area (Å²) in [6.45, 7) is 9.72. The topological polar surface area (TPSA) is 78.6 Å². The van der Waals surface area contributed by atoms with E-state index in [2.05, 4.69) is 31.8 Å². The van der Waals surface area contributed by atoms with E-state index in [0.29, 0.717) is 30.6 Å². The van der Waals surface area contributed by atoms with Crippen LogP contribution in [0.2, 0.25) is 0 Å². The zero-order valence-corrected chi connectivity index (χ0v) is 17.2. The second-order valence-electron chi connectivity index (χ2n) is 7.84. The minimum atomic E-state index is 0.181. The van der Waals surface area contributed by atoms with Crippen LogP contribution in [0.3, 0.4) is 0 Å². The molecule has 0 spiro atoms. The van der Waals surface area contributed by atoms with E-state index < -0.39 is 0 Å². The fourth-order valence-electron chi connectivity index (χ4n) is 4.27. The first-order chi connectivity index (χ1) is 14.2. The van der Waals surface area contributed by atoms with Gasteiger partial charge in [-0.2, -0.15) is 4.98 Å². The molecular weight excluding hydrogens is 368 g/mol. The van der Waals surface area contributed by atoms with Crippen LogP contribution in [-0.4, -0.2) is 87.6 Å². The maximum Gasteiger partial charge on any atom is 0.227 e. The van der Waals surface area contributed by atoms with Gasteiger partial charge in [-0.1, -0.05) is 12.1 Å². The van der Waals surface area contributed by atoms with E-state index in [4.69, 9.17) is 4.52 Å². The highest BCUT2D eigenvalue weighted by atomic mass is 16.5. The summed E-state index contributed by atoms with van der Waals surface area (Å²) in [7, 11) is 0. The first kappa shape index (κ1) is 20.0. The molecule has 2 saturated heterocycles. The molecule has 29 heavy (non-hydrogen) atoms. The Morgan fingerprint density at radius 1 is 1.17 bits per heavy atom. The number of hydrogen-bond donors (Lipinski definition) is 0. The van der Waals surface area contributed by atoms with Crippen LogP contribution in [-0.2, 0) is 11.2 Å². The van der Waals surface area contributed by atoms with E-state index in [9.17, 15) is 4.79 Å². The minimum Gasteiger partial charge on any atom is -0.343 e. The van der Waals surface area contributed by atoms with Crippen LogP contribution in [0.4, 0.5) is 0 Å². The fraction of sp³-hybridized carbons (Fsp3) is 0.619. The average Bonchev–Trinajstić information content (AvgIpc) is 3.27. The van der Waals surface area contributed by atoms with Crippen molar-refractivity contribution in [1.29, 1.82) is 0 Å². The molecule has 0 saturated carbocycles. The van der Waals surface area contributed by atoms with Gasteiger partial charge in [0.1, 0.15) is 0 Å². The number of carbonyl (C=O) groups excluding carboxylic acids is 1. The number of nitrogens with zero attached hydrogens (tertiary/aromatic N) is 6. The van der Waals surface area contributed by atoms with Crippen LogP contribution < -0.4 is 0 Å². The first-order valence-corrected chi connectivity index (χ1v) is 10.7. The number of aryl methyl sites for hydroxylation is 1. The SMILES string of the molecule is CCN1CCN(C2CCN(C(=O)CCc3nc(-c4cccnc4)no3)CC2)CC1. The molecule has 0 N–H and O–H groups in total. The molecular formula is C21H30N6O2. The van der Waals surface area contributed by atoms with Gasteiger partial charge < -0.3 is 14.3 Å². The van der Waals surface area contributed by atoms with Gasteiger partial charge in [0.2, 0.25) is 17.6 Å². The Labute approximate surface area is 171 Å². The molecule has 4 heterocycles. The Morgan fingerprint density at radius 2 is 1.97 bits per heavy atom. The van der Waals surface area contributed by atoms with Gasteiger partial charge in [0, 0.05) is 76.1 Å². The van der Waals surface area contributed by atoms with Gasteiger partial charge in [-0.15, -0.1) is 0 Å². The van der Waals surface area contributed by atoms with Gasteiger partial charge in [-0.3, -0.25) is 14.7 Å². The molecule has 8 nitrogen and oxygen atoms in total. The standard InChI is InChI=1S/C21H30N6O2/c1-2-25-12-14-26(15-13-25)18-7-10-27(11-8-18)20(28)6-5-19-23-21(24-29-19)17-4-3-9-22-16-17/h3-4,9,16,18H,2,5-8,10-15H2,1H3. The van der Waals surface area contributed by atoms with Crippen LogP contribution in [0.25, 0.3) is 11.4 Å². The summed E-state index contributed by atoms with van der Waals surface area (Å²) in [6.07, 6.45) is 6.44. The molecule has 0 aliphatic carbocycles. The minimum absolute atomic E-state index is 0.181. The molecule has 2 aliphatic rings. The Balaban J connectivity index is 1.21. The van der Waals surface area contributed by atoms with Gasteiger partial charge in [0.15, 0.2) is 0 Å². The lowest BCUT2D eigenvalue weighted by Crippen LogP contribution is -2.53. The molecule has 2 aliphatic heterocycles. The number of pyridine rings is 1. The fourth-order valence-corrected chi connectivity index (χ4v) is 4.27.